The molecule has 1 heterocycles. The van der Waals surface area contributed by atoms with Gasteiger partial charge in [0.1, 0.15) is 5.82 Å². The van der Waals surface area contributed by atoms with Gasteiger partial charge in [-0.15, -0.1) is 0 Å². The van der Waals surface area contributed by atoms with E-state index in [9.17, 15) is 4.79 Å². The average molecular weight is 258 g/mol. The molecule has 0 aliphatic rings. The Labute approximate surface area is 112 Å². The largest absolute Gasteiger partial charge is 0.334 e. The Kier molecular flexibility index (Phi) is 4.30. The Hall–Kier alpha value is -2.14. The Morgan fingerprint density at radius 2 is 2.16 bits per heavy atom. The van der Waals surface area contributed by atoms with Crippen molar-refractivity contribution < 1.29 is 4.79 Å². The fraction of sp³-hybridized carbons (Fsp3) is 0.286. The van der Waals surface area contributed by atoms with E-state index in [-0.39, 0.29) is 11.8 Å². The molecule has 0 radical (unpaired) electrons. The molecule has 5 nitrogen and oxygen atoms in total. The first kappa shape index (κ1) is 13.3. The lowest BCUT2D eigenvalue weighted by atomic mass is 9.98. The molecular weight excluding hydrogens is 240 g/mol. The van der Waals surface area contributed by atoms with E-state index in [1.807, 2.05) is 48.0 Å². The van der Waals surface area contributed by atoms with E-state index in [0.717, 1.165) is 17.8 Å². The predicted octanol–water partition coefficient (Wildman–Crippen LogP) is 1.22. The Morgan fingerprint density at radius 3 is 2.79 bits per heavy atom. The molecule has 5 heteroatoms. The molecule has 1 aromatic carbocycles. The third kappa shape index (κ3) is 3.00. The summed E-state index contributed by atoms with van der Waals surface area (Å²) in [5.41, 5.74) is 3.19. The number of benzene rings is 1. The van der Waals surface area contributed by atoms with Gasteiger partial charge in [-0.05, 0) is 5.56 Å². The van der Waals surface area contributed by atoms with E-state index in [1.165, 1.54) is 0 Å². The maximum absolute atomic E-state index is 12.0. The van der Waals surface area contributed by atoms with Crippen LogP contribution in [0.3, 0.4) is 0 Å². The smallest absolute Gasteiger partial charge is 0.243 e. The first-order valence-electron chi connectivity index (χ1n) is 6.31. The van der Waals surface area contributed by atoms with Gasteiger partial charge in [-0.1, -0.05) is 37.3 Å². The number of carbonyl (C=O) groups is 1. The normalized spacial score (nSPS) is 12.1. The molecule has 1 atom stereocenters. The summed E-state index contributed by atoms with van der Waals surface area (Å²) in [6, 6.07) is 9.63. The zero-order valence-electron chi connectivity index (χ0n) is 10.9. The number of hydrogen-bond acceptors (Lipinski definition) is 3. The van der Waals surface area contributed by atoms with Gasteiger partial charge >= 0.3 is 0 Å². The molecule has 0 aliphatic heterocycles. The van der Waals surface area contributed by atoms with Crippen LogP contribution < -0.4 is 11.3 Å². The number of carbonyl (C=O) groups excluding carboxylic acids is 1. The zero-order chi connectivity index (χ0) is 13.7. The van der Waals surface area contributed by atoms with Crippen molar-refractivity contribution in [1.82, 2.24) is 15.0 Å². The fourth-order valence-electron chi connectivity index (χ4n) is 2.14. The molecule has 1 amide bonds. The minimum Gasteiger partial charge on any atom is -0.334 e. The molecule has 0 aliphatic carbocycles. The summed E-state index contributed by atoms with van der Waals surface area (Å²) in [6.07, 6.45) is 4.47. The van der Waals surface area contributed by atoms with E-state index in [1.54, 1.807) is 6.20 Å². The number of rotatable bonds is 5. The topological polar surface area (TPSA) is 72.9 Å². The molecule has 0 spiro atoms. The number of hydrazine groups is 1. The number of aryl methyl sites for hydroxylation is 1. The number of nitrogens with zero attached hydrogens (tertiary/aromatic N) is 2. The van der Waals surface area contributed by atoms with Crippen molar-refractivity contribution in [3.05, 3.63) is 54.1 Å². The number of amides is 1. The number of imidazole rings is 1. The second kappa shape index (κ2) is 6.15. The van der Waals surface area contributed by atoms with Crippen LogP contribution in [-0.2, 0) is 17.8 Å². The molecule has 3 N–H and O–H groups in total. The van der Waals surface area contributed by atoms with Crippen LogP contribution in [0.1, 0.15) is 24.2 Å². The van der Waals surface area contributed by atoms with E-state index < -0.39 is 0 Å². The maximum Gasteiger partial charge on any atom is 0.243 e. The van der Waals surface area contributed by atoms with Crippen LogP contribution in [0, 0.1) is 0 Å². The van der Waals surface area contributed by atoms with Gasteiger partial charge in [-0.25, -0.2) is 10.8 Å². The molecular formula is C14H18N4O. The summed E-state index contributed by atoms with van der Waals surface area (Å²) in [4.78, 5) is 16.2. The average Bonchev–Trinajstić information content (AvgIpc) is 2.92. The van der Waals surface area contributed by atoms with Crippen LogP contribution >= 0.6 is 0 Å². The van der Waals surface area contributed by atoms with Gasteiger partial charge in [-0.2, -0.15) is 0 Å². The van der Waals surface area contributed by atoms with Gasteiger partial charge in [0.05, 0.1) is 5.92 Å². The quantitative estimate of drug-likeness (QED) is 0.481. The minimum atomic E-state index is -0.314. The third-order valence-corrected chi connectivity index (χ3v) is 3.16. The van der Waals surface area contributed by atoms with Gasteiger partial charge in [0.15, 0.2) is 0 Å². The molecule has 100 valence electrons. The van der Waals surface area contributed by atoms with Crippen molar-refractivity contribution in [2.45, 2.75) is 25.8 Å². The van der Waals surface area contributed by atoms with Gasteiger partial charge < -0.3 is 4.57 Å². The van der Waals surface area contributed by atoms with Crippen LogP contribution in [0.2, 0.25) is 0 Å². The van der Waals surface area contributed by atoms with E-state index in [0.29, 0.717) is 6.54 Å². The summed E-state index contributed by atoms with van der Waals surface area (Å²) >= 11 is 0. The van der Waals surface area contributed by atoms with Crippen molar-refractivity contribution in [3.8, 4) is 0 Å². The van der Waals surface area contributed by atoms with Crippen molar-refractivity contribution >= 4 is 5.91 Å². The van der Waals surface area contributed by atoms with Crippen LogP contribution in [0.5, 0.6) is 0 Å². The third-order valence-electron chi connectivity index (χ3n) is 3.16. The van der Waals surface area contributed by atoms with E-state index in [4.69, 9.17) is 5.84 Å². The summed E-state index contributed by atoms with van der Waals surface area (Å²) in [5, 5.41) is 0. The first-order valence-corrected chi connectivity index (χ1v) is 6.31. The van der Waals surface area contributed by atoms with Crippen molar-refractivity contribution in [3.63, 3.8) is 0 Å². The highest BCUT2D eigenvalue weighted by molar-refractivity contribution is 5.83. The summed E-state index contributed by atoms with van der Waals surface area (Å²) in [5.74, 6) is 5.74. The SMILES string of the molecule is CCc1nccn1CC(C(=O)NN)c1ccccc1. The molecule has 2 rings (SSSR count). The number of nitrogens with one attached hydrogen (secondary N) is 1. The number of nitrogens with two attached hydrogens (primary N) is 1. The lowest BCUT2D eigenvalue weighted by Crippen LogP contribution is -2.36. The van der Waals surface area contributed by atoms with Gasteiger partial charge in [0.2, 0.25) is 5.91 Å². The van der Waals surface area contributed by atoms with E-state index >= 15 is 0 Å². The molecule has 2 aromatic rings. The van der Waals surface area contributed by atoms with Gasteiger partial charge in [0.25, 0.3) is 0 Å². The fourth-order valence-corrected chi connectivity index (χ4v) is 2.14. The Balaban J connectivity index is 2.27. The second-order valence-electron chi connectivity index (χ2n) is 4.32. The van der Waals surface area contributed by atoms with E-state index in [2.05, 4.69) is 10.4 Å². The number of aromatic nitrogens is 2. The summed E-state index contributed by atoms with van der Waals surface area (Å²) < 4.78 is 1.99. The molecule has 0 saturated carbocycles. The molecule has 1 aromatic heterocycles. The Bertz CT molecular complexity index is 535. The van der Waals surface area contributed by atoms with Crippen molar-refractivity contribution in [2.24, 2.45) is 5.84 Å². The number of hydrogen-bond donors (Lipinski definition) is 2. The molecule has 0 bridgehead atoms. The van der Waals surface area contributed by atoms with Crippen molar-refractivity contribution in [2.75, 3.05) is 0 Å². The molecule has 0 saturated heterocycles. The lowest BCUT2D eigenvalue weighted by Gasteiger charge is -2.17. The standard InChI is InChI=1S/C14H18N4O/c1-2-13-16-8-9-18(13)10-12(14(19)17-15)11-6-4-3-5-7-11/h3-9,12H,2,10,15H2,1H3,(H,17,19). The molecule has 1 unspecified atom stereocenters. The van der Waals surface area contributed by atoms with Gasteiger partial charge in [0, 0.05) is 25.4 Å². The van der Waals surface area contributed by atoms with Crippen LogP contribution in [0.4, 0.5) is 0 Å². The van der Waals surface area contributed by atoms with Crippen molar-refractivity contribution in [1.29, 1.82) is 0 Å². The first-order chi connectivity index (χ1) is 9.26. The summed E-state index contributed by atoms with van der Waals surface area (Å²) in [7, 11) is 0. The second-order valence-corrected chi connectivity index (χ2v) is 4.32. The summed E-state index contributed by atoms with van der Waals surface area (Å²) in [6.45, 7) is 2.58. The van der Waals surface area contributed by atoms with Crippen LogP contribution in [-0.4, -0.2) is 15.5 Å². The zero-order valence-corrected chi connectivity index (χ0v) is 10.9. The van der Waals surface area contributed by atoms with Crippen LogP contribution in [0.15, 0.2) is 42.7 Å². The molecule has 0 fully saturated rings. The maximum atomic E-state index is 12.0. The predicted molar refractivity (Wildman–Crippen MR) is 73.1 cm³/mol. The van der Waals surface area contributed by atoms with Crippen LogP contribution in [0.25, 0.3) is 0 Å². The Morgan fingerprint density at radius 1 is 1.42 bits per heavy atom. The highest BCUT2D eigenvalue weighted by Gasteiger charge is 2.21. The minimum absolute atomic E-state index is 0.193. The monoisotopic (exact) mass is 258 g/mol. The van der Waals surface area contributed by atoms with Gasteiger partial charge in [-0.3, -0.25) is 10.2 Å². The molecule has 19 heavy (non-hydrogen) atoms. The highest BCUT2D eigenvalue weighted by atomic mass is 16.2. The lowest BCUT2D eigenvalue weighted by molar-refractivity contribution is -0.122. The highest BCUT2D eigenvalue weighted by Crippen LogP contribution is 2.19.